The van der Waals surface area contributed by atoms with E-state index in [0.29, 0.717) is 11.3 Å². The van der Waals surface area contributed by atoms with Crippen molar-refractivity contribution in [1.82, 2.24) is 4.90 Å². The van der Waals surface area contributed by atoms with Crippen LogP contribution >= 0.6 is 0 Å². The highest BCUT2D eigenvalue weighted by Crippen LogP contribution is 2.38. The van der Waals surface area contributed by atoms with Gasteiger partial charge < -0.3 is 14.5 Å². The first kappa shape index (κ1) is 20.7. The predicted molar refractivity (Wildman–Crippen MR) is 121 cm³/mol. The molecule has 4 rings (SSSR count). The van der Waals surface area contributed by atoms with E-state index < -0.39 is 6.04 Å². The lowest BCUT2D eigenvalue weighted by Crippen LogP contribution is -2.40. The maximum Gasteiger partial charge on any atom is 0.255 e. The van der Waals surface area contributed by atoms with Crippen LogP contribution in [0.1, 0.15) is 38.7 Å². The molecule has 0 spiro atoms. The Hall–Kier alpha value is -3.60. The fraction of sp³-hybridized carbons (Fsp3) is 0.231. The van der Waals surface area contributed by atoms with E-state index >= 15 is 0 Å². The van der Waals surface area contributed by atoms with Crippen LogP contribution < -0.4 is 9.64 Å². The number of aryl methyl sites for hydroxylation is 2. The number of amides is 2. The molecule has 0 aromatic heterocycles. The SMILES string of the molecule is COc1ccccc1CN1C(=O)c2ccccc2C1C(=O)N(C)c1c(C)cccc1C. The number of benzene rings is 3. The molecule has 0 fully saturated rings. The van der Waals surface area contributed by atoms with Crippen LogP contribution in [0.2, 0.25) is 0 Å². The molecule has 31 heavy (non-hydrogen) atoms. The summed E-state index contributed by atoms with van der Waals surface area (Å²) in [6, 6.07) is 20.2. The van der Waals surface area contributed by atoms with E-state index in [0.717, 1.165) is 27.9 Å². The van der Waals surface area contributed by atoms with Crippen molar-refractivity contribution in [2.24, 2.45) is 0 Å². The Morgan fingerprint density at radius 2 is 1.61 bits per heavy atom. The molecular formula is C26H26N2O3. The van der Waals surface area contributed by atoms with Crippen molar-refractivity contribution < 1.29 is 14.3 Å². The van der Waals surface area contributed by atoms with Gasteiger partial charge >= 0.3 is 0 Å². The minimum absolute atomic E-state index is 0.134. The molecular weight excluding hydrogens is 388 g/mol. The lowest BCUT2D eigenvalue weighted by molar-refractivity contribution is -0.122. The van der Waals surface area contributed by atoms with Crippen LogP contribution in [0.4, 0.5) is 5.69 Å². The van der Waals surface area contributed by atoms with Gasteiger partial charge in [-0.05, 0) is 42.7 Å². The molecule has 0 radical (unpaired) electrons. The molecule has 0 saturated carbocycles. The molecule has 0 N–H and O–H groups in total. The Balaban J connectivity index is 1.76. The van der Waals surface area contributed by atoms with Gasteiger partial charge in [-0.2, -0.15) is 0 Å². The summed E-state index contributed by atoms with van der Waals surface area (Å²) in [6.07, 6.45) is 0. The summed E-state index contributed by atoms with van der Waals surface area (Å²) in [5.41, 5.74) is 5.09. The Morgan fingerprint density at radius 3 is 2.32 bits per heavy atom. The number of anilines is 1. The van der Waals surface area contributed by atoms with Gasteiger partial charge in [-0.3, -0.25) is 9.59 Å². The number of likely N-dealkylation sites (N-methyl/N-ethyl adjacent to an activating group) is 1. The third kappa shape index (κ3) is 3.56. The van der Waals surface area contributed by atoms with Gasteiger partial charge in [-0.15, -0.1) is 0 Å². The third-order valence-electron chi connectivity index (χ3n) is 5.93. The fourth-order valence-corrected chi connectivity index (χ4v) is 4.44. The normalized spacial score (nSPS) is 15.0. The van der Waals surface area contributed by atoms with E-state index in [1.54, 1.807) is 30.0 Å². The number of nitrogens with zero attached hydrogens (tertiary/aromatic N) is 2. The van der Waals surface area contributed by atoms with E-state index in [9.17, 15) is 9.59 Å². The standard InChI is InChI=1S/C26H26N2O3/c1-17-10-9-11-18(2)23(17)27(3)26(30)24-20-13-6-7-14-21(20)25(29)28(24)16-19-12-5-8-15-22(19)31-4/h5-15,24H,16H2,1-4H3. The van der Waals surface area contributed by atoms with E-state index in [1.807, 2.05) is 74.5 Å². The van der Waals surface area contributed by atoms with Crippen molar-refractivity contribution in [1.29, 1.82) is 0 Å². The molecule has 1 aliphatic heterocycles. The predicted octanol–water partition coefficient (Wildman–Crippen LogP) is 4.67. The van der Waals surface area contributed by atoms with Crippen molar-refractivity contribution in [3.05, 3.63) is 94.5 Å². The number of para-hydroxylation sites is 2. The van der Waals surface area contributed by atoms with Crippen LogP contribution in [-0.4, -0.2) is 30.9 Å². The highest BCUT2D eigenvalue weighted by atomic mass is 16.5. The maximum absolute atomic E-state index is 13.8. The second-order valence-corrected chi connectivity index (χ2v) is 7.87. The van der Waals surface area contributed by atoms with Crippen LogP contribution in [0.3, 0.4) is 0 Å². The Bertz CT molecular complexity index is 1130. The minimum atomic E-state index is -0.697. The molecule has 5 nitrogen and oxygen atoms in total. The van der Waals surface area contributed by atoms with Crippen LogP contribution in [0, 0.1) is 13.8 Å². The number of carbonyl (C=O) groups is 2. The van der Waals surface area contributed by atoms with Crippen LogP contribution in [0.25, 0.3) is 0 Å². The number of fused-ring (bicyclic) bond motifs is 1. The van der Waals surface area contributed by atoms with Crippen molar-refractivity contribution in [3.63, 3.8) is 0 Å². The molecule has 0 saturated heterocycles. The van der Waals surface area contributed by atoms with Gasteiger partial charge in [-0.1, -0.05) is 54.6 Å². The first-order valence-electron chi connectivity index (χ1n) is 10.3. The molecule has 0 aliphatic carbocycles. The molecule has 0 bridgehead atoms. The quantitative estimate of drug-likeness (QED) is 0.610. The monoisotopic (exact) mass is 414 g/mol. The second kappa shape index (κ2) is 8.26. The average molecular weight is 415 g/mol. The van der Waals surface area contributed by atoms with Gasteiger partial charge in [0.25, 0.3) is 11.8 Å². The van der Waals surface area contributed by atoms with E-state index in [-0.39, 0.29) is 18.4 Å². The molecule has 3 aromatic rings. The van der Waals surface area contributed by atoms with Crippen molar-refractivity contribution in [2.45, 2.75) is 26.4 Å². The van der Waals surface area contributed by atoms with Gasteiger partial charge in [0.15, 0.2) is 0 Å². The van der Waals surface area contributed by atoms with Crippen LogP contribution in [0.15, 0.2) is 66.7 Å². The van der Waals surface area contributed by atoms with E-state index in [1.165, 1.54) is 0 Å². The lowest BCUT2D eigenvalue weighted by Gasteiger charge is -2.30. The average Bonchev–Trinajstić information content (AvgIpc) is 3.05. The molecule has 1 heterocycles. The Morgan fingerprint density at radius 1 is 0.968 bits per heavy atom. The summed E-state index contributed by atoms with van der Waals surface area (Å²) in [7, 11) is 3.39. The number of hydrogen-bond acceptors (Lipinski definition) is 3. The lowest BCUT2D eigenvalue weighted by atomic mass is 10.0. The maximum atomic E-state index is 13.8. The summed E-state index contributed by atoms with van der Waals surface area (Å²) in [6.45, 7) is 4.27. The molecule has 5 heteroatoms. The molecule has 3 aromatic carbocycles. The number of ether oxygens (including phenoxy) is 1. The van der Waals surface area contributed by atoms with Crippen molar-refractivity contribution in [3.8, 4) is 5.75 Å². The molecule has 1 aliphatic rings. The summed E-state index contributed by atoms with van der Waals surface area (Å²) >= 11 is 0. The van der Waals surface area contributed by atoms with Crippen LogP contribution in [-0.2, 0) is 11.3 Å². The number of carbonyl (C=O) groups excluding carboxylic acids is 2. The number of hydrogen-bond donors (Lipinski definition) is 0. The summed E-state index contributed by atoms with van der Waals surface area (Å²) in [5.74, 6) is 0.418. The summed E-state index contributed by atoms with van der Waals surface area (Å²) in [5, 5.41) is 0. The van der Waals surface area contributed by atoms with E-state index in [4.69, 9.17) is 4.74 Å². The number of rotatable bonds is 5. The first-order chi connectivity index (χ1) is 14.9. The molecule has 1 atom stereocenters. The van der Waals surface area contributed by atoms with Gasteiger partial charge in [-0.25, -0.2) is 0 Å². The minimum Gasteiger partial charge on any atom is -0.496 e. The Labute approximate surface area is 182 Å². The van der Waals surface area contributed by atoms with Gasteiger partial charge in [0, 0.05) is 23.9 Å². The summed E-state index contributed by atoms with van der Waals surface area (Å²) < 4.78 is 5.48. The van der Waals surface area contributed by atoms with Gasteiger partial charge in [0.1, 0.15) is 11.8 Å². The zero-order valence-corrected chi connectivity index (χ0v) is 18.3. The van der Waals surface area contributed by atoms with Crippen LogP contribution in [0.5, 0.6) is 5.75 Å². The number of methoxy groups -OCH3 is 1. The second-order valence-electron chi connectivity index (χ2n) is 7.87. The fourth-order valence-electron chi connectivity index (χ4n) is 4.44. The highest BCUT2D eigenvalue weighted by molar-refractivity contribution is 6.08. The van der Waals surface area contributed by atoms with Gasteiger partial charge in [0.05, 0.1) is 13.7 Å². The third-order valence-corrected chi connectivity index (χ3v) is 5.93. The summed E-state index contributed by atoms with van der Waals surface area (Å²) in [4.78, 5) is 30.5. The zero-order valence-electron chi connectivity index (χ0n) is 18.3. The van der Waals surface area contributed by atoms with Gasteiger partial charge in [0.2, 0.25) is 0 Å². The van der Waals surface area contributed by atoms with E-state index in [2.05, 4.69) is 0 Å². The molecule has 158 valence electrons. The molecule has 2 amide bonds. The van der Waals surface area contributed by atoms with Crippen molar-refractivity contribution >= 4 is 17.5 Å². The smallest absolute Gasteiger partial charge is 0.255 e. The zero-order chi connectivity index (χ0) is 22.1. The largest absolute Gasteiger partial charge is 0.496 e. The van der Waals surface area contributed by atoms with Crippen molar-refractivity contribution in [2.75, 3.05) is 19.1 Å². The Kier molecular flexibility index (Phi) is 5.51. The first-order valence-corrected chi connectivity index (χ1v) is 10.3. The highest BCUT2D eigenvalue weighted by Gasteiger charge is 2.42. The topological polar surface area (TPSA) is 49.9 Å². The molecule has 1 unspecified atom stereocenters.